The van der Waals surface area contributed by atoms with Crippen LogP contribution in [0.2, 0.25) is 0 Å². The lowest BCUT2D eigenvalue weighted by molar-refractivity contribution is -0.112. The Morgan fingerprint density at radius 2 is 1.08 bits per heavy atom. The molecule has 0 aliphatic rings. The fourth-order valence-electron chi connectivity index (χ4n) is 3.23. The first-order valence-corrected chi connectivity index (χ1v) is 13.6. The highest BCUT2D eigenvalue weighted by Gasteiger charge is 2.20. The molecule has 0 bridgehead atoms. The van der Waals surface area contributed by atoms with Gasteiger partial charge in [0.15, 0.2) is 11.6 Å². The Hall–Kier alpha value is -4.20. The first-order valence-electron chi connectivity index (χ1n) is 11.6. The van der Waals surface area contributed by atoms with Crippen LogP contribution < -0.4 is 19.5 Å². The van der Waals surface area contributed by atoms with Gasteiger partial charge >= 0.3 is 0 Å². The second-order valence-corrected chi connectivity index (χ2v) is 10.1. The van der Waals surface area contributed by atoms with Gasteiger partial charge in [0.25, 0.3) is 5.91 Å². The molecule has 0 aliphatic heterocycles. The van der Waals surface area contributed by atoms with Crippen molar-refractivity contribution in [3.05, 3.63) is 93.7 Å². The fourth-order valence-corrected chi connectivity index (χ4v) is 5.34. The van der Waals surface area contributed by atoms with E-state index in [0.717, 1.165) is 23.5 Å². The van der Waals surface area contributed by atoms with Crippen LogP contribution in [0.3, 0.4) is 0 Å². The maximum absolute atomic E-state index is 13.1. The summed E-state index contributed by atoms with van der Waals surface area (Å²) in [5, 5.41) is 12.6. The molecule has 8 nitrogen and oxygen atoms in total. The van der Waals surface area contributed by atoms with Crippen molar-refractivity contribution < 1.29 is 28.6 Å². The standard InChI is InChI=1S/C29H26N2O6S2/c1-35-22-10-4-19(5-11-22)26(32)17-38-29(39-18-27(33)20-6-12-23(36-2)13-7-20)25(16-30)28(34)31-21-8-14-24(37-3)15-9-21/h4-15H,17-18H2,1-3H3,(H,31,34). The summed E-state index contributed by atoms with van der Waals surface area (Å²) in [6.07, 6.45) is 0. The Bertz CT molecular complexity index is 1310. The molecule has 10 heteroatoms. The van der Waals surface area contributed by atoms with E-state index in [4.69, 9.17) is 14.2 Å². The fraction of sp³-hybridized carbons (Fsp3) is 0.172. The molecule has 0 heterocycles. The number of Topliss-reactive ketones (excluding diaryl/α,β-unsaturated/α-hetero) is 2. The van der Waals surface area contributed by atoms with Gasteiger partial charge in [-0.2, -0.15) is 5.26 Å². The molecule has 200 valence electrons. The molecule has 3 aromatic rings. The minimum atomic E-state index is -0.647. The number of nitriles is 1. The smallest absolute Gasteiger partial charge is 0.268 e. The number of hydrogen-bond donors (Lipinski definition) is 1. The zero-order chi connectivity index (χ0) is 28.2. The van der Waals surface area contributed by atoms with Gasteiger partial charge in [0, 0.05) is 16.8 Å². The van der Waals surface area contributed by atoms with Gasteiger partial charge in [0.1, 0.15) is 28.9 Å². The number of carbonyl (C=O) groups is 3. The second-order valence-electron chi connectivity index (χ2n) is 7.84. The van der Waals surface area contributed by atoms with Gasteiger partial charge in [0.05, 0.1) is 37.1 Å². The number of nitrogens with one attached hydrogen (secondary N) is 1. The second kappa shape index (κ2) is 14.7. The maximum Gasteiger partial charge on any atom is 0.268 e. The zero-order valence-electron chi connectivity index (χ0n) is 21.6. The summed E-state index contributed by atoms with van der Waals surface area (Å²) in [4.78, 5) is 38.7. The van der Waals surface area contributed by atoms with E-state index in [1.807, 2.05) is 6.07 Å². The van der Waals surface area contributed by atoms with Crippen LogP contribution >= 0.6 is 23.5 Å². The number of methoxy groups -OCH3 is 3. The Morgan fingerprint density at radius 1 is 0.692 bits per heavy atom. The van der Waals surface area contributed by atoms with Crippen LogP contribution in [-0.4, -0.2) is 50.3 Å². The van der Waals surface area contributed by atoms with Crippen molar-refractivity contribution in [2.24, 2.45) is 0 Å². The van der Waals surface area contributed by atoms with Crippen LogP contribution in [0.1, 0.15) is 20.7 Å². The summed E-state index contributed by atoms with van der Waals surface area (Å²) in [5.74, 6) is 0.740. The SMILES string of the molecule is COc1ccc(NC(=O)C(C#N)=C(SCC(=O)c2ccc(OC)cc2)SCC(=O)c2ccc(OC)cc2)cc1. The summed E-state index contributed by atoms with van der Waals surface area (Å²) in [5.41, 5.74) is 1.20. The van der Waals surface area contributed by atoms with E-state index < -0.39 is 5.91 Å². The van der Waals surface area contributed by atoms with Gasteiger partial charge in [-0.05, 0) is 72.8 Å². The van der Waals surface area contributed by atoms with Crippen molar-refractivity contribution in [1.82, 2.24) is 0 Å². The lowest BCUT2D eigenvalue weighted by atomic mass is 10.1. The van der Waals surface area contributed by atoms with Crippen molar-refractivity contribution in [2.75, 3.05) is 38.2 Å². The van der Waals surface area contributed by atoms with E-state index in [1.165, 1.54) is 21.3 Å². The molecule has 0 saturated heterocycles. The minimum Gasteiger partial charge on any atom is -0.497 e. The summed E-state index contributed by atoms with van der Waals surface area (Å²) in [6.45, 7) is 0. The zero-order valence-corrected chi connectivity index (χ0v) is 23.2. The number of amides is 1. The van der Waals surface area contributed by atoms with E-state index >= 15 is 0 Å². The lowest BCUT2D eigenvalue weighted by Gasteiger charge is -2.11. The molecule has 0 spiro atoms. The quantitative estimate of drug-likeness (QED) is 0.161. The van der Waals surface area contributed by atoms with E-state index in [9.17, 15) is 19.6 Å². The Balaban J connectivity index is 1.81. The highest BCUT2D eigenvalue weighted by atomic mass is 32.2. The van der Waals surface area contributed by atoms with Crippen LogP contribution in [0.5, 0.6) is 17.2 Å². The number of ether oxygens (including phenoxy) is 3. The monoisotopic (exact) mass is 562 g/mol. The number of rotatable bonds is 13. The van der Waals surface area contributed by atoms with E-state index in [-0.39, 0.29) is 32.9 Å². The third-order valence-corrected chi connectivity index (χ3v) is 7.84. The number of anilines is 1. The predicted octanol–water partition coefficient (Wildman–Crippen LogP) is 5.62. The van der Waals surface area contributed by atoms with Crippen molar-refractivity contribution >= 4 is 46.7 Å². The van der Waals surface area contributed by atoms with Crippen LogP contribution in [0.25, 0.3) is 0 Å². The number of carbonyl (C=O) groups excluding carboxylic acids is 3. The van der Waals surface area contributed by atoms with Crippen LogP contribution in [-0.2, 0) is 4.79 Å². The van der Waals surface area contributed by atoms with Gasteiger partial charge in [-0.15, -0.1) is 23.5 Å². The van der Waals surface area contributed by atoms with Crippen LogP contribution in [0.15, 0.2) is 82.6 Å². The molecule has 0 saturated carbocycles. The molecule has 3 rings (SSSR count). The number of ketones is 2. The first kappa shape index (κ1) is 29.4. The number of nitrogens with zero attached hydrogens (tertiary/aromatic N) is 1. The van der Waals surface area contributed by atoms with Gasteiger partial charge in [-0.3, -0.25) is 14.4 Å². The third-order valence-electron chi connectivity index (χ3n) is 5.38. The van der Waals surface area contributed by atoms with E-state index in [0.29, 0.717) is 34.1 Å². The van der Waals surface area contributed by atoms with Gasteiger partial charge < -0.3 is 19.5 Å². The molecule has 3 aromatic carbocycles. The molecular formula is C29H26N2O6S2. The van der Waals surface area contributed by atoms with E-state index in [2.05, 4.69) is 5.32 Å². The largest absolute Gasteiger partial charge is 0.497 e. The maximum atomic E-state index is 13.1. The minimum absolute atomic E-state index is 0.0353. The summed E-state index contributed by atoms with van der Waals surface area (Å²) < 4.78 is 15.7. The highest BCUT2D eigenvalue weighted by Crippen LogP contribution is 2.34. The molecule has 0 aromatic heterocycles. The Labute approximate surface area is 235 Å². The molecule has 0 aliphatic carbocycles. The summed E-state index contributed by atoms with van der Waals surface area (Å²) in [7, 11) is 4.61. The molecule has 0 atom stereocenters. The Morgan fingerprint density at radius 3 is 1.44 bits per heavy atom. The normalized spacial score (nSPS) is 10.1. The average molecular weight is 563 g/mol. The topological polar surface area (TPSA) is 115 Å². The average Bonchev–Trinajstić information content (AvgIpc) is 2.98. The Kier molecular flexibility index (Phi) is 11.0. The van der Waals surface area contributed by atoms with Gasteiger partial charge in [0.2, 0.25) is 0 Å². The molecule has 0 unspecified atom stereocenters. The van der Waals surface area contributed by atoms with Gasteiger partial charge in [-0.1, -0.05) is 0 Å². The van der Waals surface area contributed by atoms with Gasteiger partial charge in [-0.25, -0.2) is 0 Å². The summed E-state index contributed by atoms with van der Waals surface area (Å²) >= 11 is 2.08. The predicted molar refractivity (Wildman–Crippen MR) is 154 cm³/mol. The van der Waals surface area contributed by atoms with Crippen molar-refractivity contribution in [3.63, 3.8) is 0 Å². The van der Waals surface area contributed by atoms with E-state index in [1.54, 1.807) is 72.8 Å². The molecule has 39 heavy (non-hydrogen) atoms. The molecule has 1 amide bonds. The van der Waals surface area contributed by atoms with Crippen molar-refractivity contribution in [2.45, 2.75) is 0 Å². The lowest BCUT2D eigenvalue weighted by Crippen LogP contribution is -2.15. The molecule has 0 radical (unpaired) electrons. The third kappa shape index (κ3) is 8.40. The highest BCUT2D eigenvalue weighted by molar-refractivity contribution is 8.22. The number of hydrogen-bond acceptors (Lipinski definition) is 9. The van der Waals surface area contributed by atoms with Crippen LogP contribution in [0.4, 0.5) is 5.69 Å². The number of thioether (sulfide) groups is 2. The molecular weight excluding hydrogens is 536 g/mol. The number of benzene rings is 3. The molecule has 0 fully saturated rings. The van der Waals surface area contributed by atoms with Crippen molar-refractivity contribution in [3.8, 4) is 23.3 Å². The first-order chi connectivity index (χ1) is 18.9. The summed E-state index contributed by atoms with van der Waals surface area (Å²) in [6, 6.07) is 21.9. The van der Waals surface area contributed by atoms with Crippen LogP contribution in [0, 0.1) is 11.3 Å². The molecule has 1 N–H and O–H groups in total. The van der Waals surface area contributed by atoms with Crippen molar-refractivity contribution in [1.29, 1.82) is 5.26 Å².